The lowest BCUT2D eigenvalue weighted by Crippen LogP contribution is -2.13. The highest BCUT2D eigenvalue weighted by Crippen LogP contribution is 2.31. The molecule has 1 aromatic heterocycles. The molecule has 0 saturated heterocycles. The molecule has 0 aliphatic rings. The van der Waals surface area contributed by atoms with E-state index in [1.807, 2.05) is 55.5 Å². The van der Waals surface area contributed by atoms with Crippen molar-refractivity contribution >= 4 is 33.5 Å². The third kappa shape index (κ3) is 4.19. The van der Waals surface area contributed by atoms with E-state index < -0.39 is 0 Å². The molecule has 0 amide bonds. The van der Waals surface area contributed by atoms with Crippen LogP contribution in [0.15, 0.2) is 62.6 Å². The Hall–Kier alpha value is -1.92. The Kier molecular flexibility index (Phi) is 5.71. The van der Waals surface area contributed by atoms with Gasteiger partial charge in [-0.25, -0.2) is 0 Å². The topological polar surface area (TPSA) is 56.0 Å². The predicted molar refractivity (Wildman–Crippen MR) is 103 cm³/mol. The summed E-state index contributed by atoms with van der Waals surface area (Å²) in [7, 11) is 0. The highest BCUT2D eigenvalue weighted by Gasteiger charge is 2.20. The number of aromatic nitrogens is 2. The number of aryl methyl sites for hydroxylation is 1. The van der Waals surface area contributed by atoms with Gasteiger partial charge < -0.3 is 4.42 Å². The van der Waals surface area contributed by atoms with Gasteiger partial charge in [0.05, 0.1) is 10.8 Å². The van der Waals surface area contributed by atoms with Crippen molar-refractivity contribution in [3.8, 4) is 11.5 Å². The number of ketones is 1. The highest BCUT2D eigenvalue weighted by molar-refractivity contribution is 9.10. The third-order valence-electron chi connectivity index (χ3n) is 3.80. The fourth-order valence-electron chi connectivity index (χ4n) is 2.35. The minimum atomic E-state index is -0.306. The van der Waals surface area contributed by atoms with Gasteiger partial charge in [-0.1, -0.05) is 55.1 Å². The van der Waals surface area contributed by atoms with Gasteiger partial charge in [-0.3, -0.25) is 4.79 Å². The maximum atomic E-state index is 12.6. The number of hydrogen-bond donors (Lipinski definition) is 0. The standard InChI is InChI=1S/C19H17BrN2O2S/c1-3-13-8-10-14(11-9-13)17(23)12(2)25-19-22-21-18(24-19)15-6-4-5-7-16(15)20/h4-12H,3H2,1-2H3. The van der Waals surface area contributed by atoms with Gasteiger partial charge in [-0.05, 0) is 47.0 Å². The van der Waals surface area contributed by atoms with Crippen LogP contribution in [0.3, 0.4) is 0 Å². The molecule has 0 bridgehead atoms. The Morgan fingerprint density at radius 3 is 2.56 bits per heavy atom. The summed E-state index contributed by atoms with van der Waals surface area (Å²) in [6, 6.07) is 15.4. The first-order valence-electron chi connectivity index (χ1n) is 7.96. The zero-order valence-corrected chi connectivity index (χ0v) is 16.3. The molecule has 1 heterocycles. The summed E-state index contributed by atoms with van der Waals surface area (Å²) in [4.78, 5) is 12.6. The molecule has 1 unspecified atom stereocenters. The van der Waals surface area contributed by atoms with E-state index in [0.717, 1.165) is 16.5 Å². The Balaban J connectivity index is 1.71. The Morgan fingerprint density at radius 1 is 1.16 bits per heavy atom. The average Bonchev–Trinajstić information content (AvgIpc) is 3.09. The summed E-state index contributed by atoms with van der Waals surface area (Å²) >= 11 is 4.74. The molecule has 0 aliphatic heterocycles. The lowest BCUT2D eigenvalue weighted by Gasteiger charge is -2.08. The van der Waals surface area contributed by atoms with Crippen molar-refractivity contribution in [2.75, 3.05) is 0 Å². The van der Waals surface area contributed by atoms with Gasteiger partial charge in [0, 0.05) is 10.0 Å². The van der Waals surface area contributed by atoms with Gasteiger partial charge >= 0.3 is 0 Å². The summed E-state index contributed by atoms with van der Waals surface area (Å²) in [5.41, 5.74) is 2.74. The van der Waals surface area contributed by atoms with Crippen molar-refractivity contribution < 1.29 is 9.21 Å². The van der Waals surface area contributed by atoms with E-state index in [-0.39, 0.29) is 11.0 Å². The summed E-state index contributed by atoms with van der Waals surface area (Å²) in [5, 5.41) is 8.21. The quantitative estimate of drug-likeness (QED) is 0.396. The number of hydrogen-bond acceptors (Lipinski definition) is 5. The molecule has 4 nitrogen and oxygen atoms in total. The minimum absolute atomic E-state index is 0.0493. The van der Waals surface area contributed by atoms with E-state index in [1.165, 1.54) is 17.3 Å². The molecule has 3 aromatic rings. The van der Waals surface area contributed by atoms with Gasteiger partial charge in [-0.2, -0.15) is 0 Å². The van der Waals surface area contributed by atoms with Gasteiger partial charge in [-0.15, -0.1) is 10.2 Å². The van der Waals surface area contributed by atoms with E-state index in [4.69, 9.17) is 4.42 Å². The van der Waals surface area contributed by atoms with Crippen LogP contribution in [0, 0.1) is 0 Å². The smallest absolute Gasteiger partial charge is 0.277 e. The summed E-state index contributed by atoms with van der Waals surface area (Å²) in [6.07, 6.45) is 0.957. The van der Waals surface area contributed by atoms with Crippen LogP contribution in [0.4, 0.5) is 0 Å². The fraction of sp³-hybridized carbons (Fsp3) is 0.211. The Labute approximate surface area is 159 Å². The Bertz CT molecular complexity index is 877. The number of Topliss-reactive ketones (excluding diaryl/α,β-unsaturated/α-hetero) is 1. The van der Waals surface area contributed by atoms with Gasteiger partial charge in [0.25, 0.3) is 5.22 Å². The van der Waals surface area contributed by atoms with E-state index >= 15 is 0 Å². The normalized spacial score (nSPS) is 12.1. The molecule has 0 fully saturated rings. The summed E-state index contributed by atoms with van der Waals surface area (Å²) in [5.74, 6) is 0.482. The van der Waals surface area contributed by atoms with Crippen LogP contribution in [0.1, 0.15) is 29.8 Å². The molecule has 0 saturated carbocycles. The van der Waals surface area contributed by atoms with Crippen molar-refractivity contribution in [3.05, 3.63) is 64.1 Å². The molecule has 0 aliphatic carbocycles. The number of halogens is 1. The highest BCUT2D eigenvalue weighted by atomic mass is 79.9. The first-order valence-corrected chi connectivity index (χ1v) is 9.64. The zero-order chi connectivity index (χ0) is 17.8. The van der Waals surface area contributed by atoms with Crippen LogP contribution in [0.5, 0.6) is 0 Å². The molecule has 128 valence electrons. The molecule has 0 N–H and O–H groups in total. The molecule has 1 atom stereocenters. The molecule has 25 heavy (non-hydrogen) atoms. The SMILES string of the molecule is CCc1ccc(C(=O)C(C)Sc2nnc(-c3ccccc3Br)o2)cc1. The molecule has 6 heteroatoms. The first-order chi connectivity index (χ1) is 12.1. The number of thioether (sulfide) groups is 1. The van der Waals surface area contributed by atoms with E-state index in [1.54, 1.807) is 0 Å². The van der Waals surface area contributed by atoms with Crippen molar-refractivity contribution in [1.29, 1.82) is 0 Å². The molecule has 2 aromatic carbocycles. The lowest BCUT2D eigenvalue weighted by atomic mass is 10.1. The van der Waals surface area contributed by atoms with Crippen LogP contribution in [0.25, 0.3) is 11.5 Å². The number of carbonyl (C=O) groups is 1. The van der Waals surface area contributed by atoms with Crippen LogP contribution in [0.2, 0.25) is 0 Å². The van der Waals surface area contributed by atoms with Crippen molar-refractivity contribution in [3.63, 3.8) is 0 Å². The fourth-order valence-corrected chi connectivity index (χ4v) is 3.56. The maximum Gasteiger partial charge on any atom is 0.277 e. The second kappa shape index (κ2) is 7.97. The van der Waals surface area contributed by atoms with Crippen molar-refractivity contribution in [2.24, 2.45) is 0 Å². The maximum absolute atomic E-state index is 12.6. The predicted octanol–water partition coefficient (Wildman–Crippen LogP) is 5.43. The van der Waals surface area contributed by atoms with Crippen LogP contribution >= 0.6 is 27.7 Å². The van der Waals surface area contributed by atoms with Crippen molar-refractivity contribution in [1.82, 2.24) is 10.2 Å². The third-order valence-corrected chi connectivity index (χ3v) is 5.43. The number of benzene rings is 2. The van der Waals surface area contributed by atoms with Crippen molar-refractivity contribution in [2.45, 2.75) is 30.7 Å². The summed E-state index contributed by atoms with van der Waals surface area (Å²) < 4.78 is 6.59. The van der Waals surface area contributed by atoms with Gasteiger partial charge in [0.1, 0.15) is 0 Å². The van der Waals surface area contributed by atoms with E-state index in [2.05, 4.69) is 33.1 Å². The van der Waals surface area contributed by atoms with Gasteiger partial charge in [0.15, 0.2) is 5.78 Å². The average molecular weight is 417 g/mol. The van der Waals surface area contributed by atoms with Crippen LogP contribution in [-0.4, -0.2) is 21.2 Å². The van der Waals surface area contributed by atoms with E-state index in [0.29, 0.717) is 16.7 Å². The second-order valence-corrected chi connectivity index (χ2v) is 7.67. The monoisotopic (exact) mass is 416 g/mol. The zero-order valence-electron chi connectivity index (χ0n) is 13.9. The first kappa shape index (κ1) is 17.9. The lowest BCUT2D eigenvalue weighted by molar-refractivity contribution is 0.0993. The van der Waals surface area contributed by atoms with Crippen LogP contribution < -0.4 is 0 Å². The largest absolute Gasteiger partial charge is 0.411 e. The van der Waals surface area contributed by atoms with Gasteiger partial charge in [0.2, 0.25) is 5.89 Å². The van der Waals surface area contributed by atoms with E-state index in [9.17, 15) is 4.79 Å². The van der Waals surface area contributed by atoms with Crippen LogP contribution in [-0.2, 0) is 6.42 Å². The number of carbonyl (C=O) groups excluding carboxylic acids is 1. The minimum Gasteiger partial charge on any atom is -0.411 e. The molecule has 3 rings (SSSR count). The Morgan fingerprint density at radius 2 is 1.88 bits per heavy atom. The second-order valence-electron chi connectivity index (χ2n) is 5.53. The molecular weight excluding hydrogens is 400 g/mol. The molecule has 0 spiro atoms. The molecular formula is C19H17BrN2O2S. The number of rotatable bonds is 6. The number of nitrogens with zero attached hydrogens (tertiary/aromatic N) is 2. The molecule has 0 radical (unpaired) electrons. The summed E-state index contributed by atoms with van der Waals surface area (Å²) in [6.45, 7) is 3.94.